The third-order valence-corrected chi connectivity index (χ3v) is 3.88. The molecule has 0 aliphatic carbocycles. The molecule has 3 nitrogen and oxygen atoms in total. The Balaban J connectivity index is 2.10. The van der Waals surface area contributed by atoms with Crippen LogP contribution in [-0.2, 0) is 6.61 Å². The zero-order valence-electron chi connectivity index (χ0n) is 11.5. The van der Waals surface area contributed by atoms with Crippen molar-refractivity contribution in [1.29, 1.82) is 0 Å². The summed E-state index contributed by atoms with van der Waals surface area (Å²) in [5.74, 6) is 1.39. The first-order valence-corrected chi connectivity index (χ1v) is 8.12. The van der Waals surface area contributed by atoms with Gasteiger partial charge in [0.1, 0.15) is 18.2 Å². The van der Waals surface area contributed by atoms with E-state index in [1.165, 1.54) is 0 Å². The van der Waals surface area contributed by atoms with Gasteiger partial charge in [-0.2, -0.15) is 0 Å². The molecule has 0 atom stereocenters. The second-order valence-electron chi connectivity index (χ2n) is 4.42. The summed E-state index contributed by atoms with van der Waals surface area (Å²) in [4.78, 5) is 4.45. The zero-order valence-corrected chi connectivity index (χ0v) is 14.6. The third-order valence-electron chi connectivity index (χ3n) is 2.73. The van der Waals surface area contributed by atoms with Crippen molar-refractivity contribution in [3.05, 3.63) is 50.5 Å². The highest BCUT2D eigenvalue weighted by Crippen LogP contribution is 2.29. The van der Waals surface area contributed by atoms with Crippen LogP contribution in [0.15, 0.2) is 34.8 Å². The number of anilines is 1. The van der Waals surface area contributed by atoms with Crippen molar-refractivity contribution in [3.63, 3.8) is 0 Å². The summed E-state index contributed by atoms with van der Waals surface area (Å²) in [5.41, 5.74) is 0.675. The van der Waals surface area contributed by atoms with Gasteiger partial charge in [0.15, 0.2) is 0 Å². The Hall–Kier alpha value is -0.970. The topological polar surface area (TPSA) is 34.1 Å². The van der Waals surface area contributed by atoms with Gasteiger partial charge >= 0.3 is 0 Å². The fourth-order valence-electron chi connectivity index (χ4n) is 1.67. The van der Waals surface area contributed by atoms with Gasteiger partial charge in [0.25, 0.3) is 0 Å². The normalized spacial score (nSPS) is 10.5. The zero-order chi connectivity index (χ0) is 15.2. The predicted molar refractivity (Wildman–Crippen MR) is 91.5 cm³/mol. The molecule has 1 aromatic carbocycles. The van der Waals surface area contributed by atoms with Crippen molar-refractivity contribution in [2.75, 3.05) is 11.9 Å². The maximum absolute atomic E-state index is 6.16. The molecule has 1 heterocycles. The fourth-order valence-corrected chi connectivity index (χ4v) is 2.34. The van der Waals surface area contributed by atoms with E-state index < -0.39 is 0 Å². The molecule has 0 aliphatic rings. The van der Waals surface area contributed by atoms with Gasteiger partial charge < -0.3 is 10.1 Å². The number of nitrogens with zero attached hydrogens (tertiary/aromatic N) is 1. The monoisotopic (exact) mass is 388 g/mol. The lowest BCUT2D eigenvalue weighted by Gasteiger charge is -2.11. The Kier molecular flexibility index (Phi) is 6.15. The molecule has 2 rings (SSSR count). The first-order chi connectivity index (χ1) is 10.1. The van der Waals surface area contributed by atoms with Crippen LogP contribution in [0.4, 0.5) is 5.82 Å². The van der Waals surface area contributed by atoms with E-state index in [4.69, 9.17) is 27.9 Å². The molecule has 2 aromatic rings. The lowest BCUT2D eigenvalue weighted by Crippen LogP contribution is -2.05. The van der Waals surface area contributed by atoms with Crippen LogP contribution in [0.2, 0.25) is 10.0 Å². The number of pyridine rings is 1. The molecule has 0 unspecified atom stereocenters. The van der Waals surface area contributed by atoms with Crippen LogP contribution in [0.25, 0.3) is 0 Å². The molecule has 0 saturated heterocycles. The largest absolute Gasteiger partial charge is 0.486 e. The molecule has 0 spiro atoms. The molecule has 21 heavy (non-hydrogen) atoms. The summed E-state index contributed by atoms with van der Waals surface area (Å²) in [7, 11) is 0. The molecule has 0 aliphatic heterocycles. The van der Waals surface area contributed by atoms with Gasteiger partial charge in [-0.05, 0) is 36.8 Å². The molecule has 0 saturated carbocycles. The van der Waals surface area contributed by atoms with Gasteiger partial charge in [0.2, 0.25) is 0 Å². The lowest BCUT2D eigenvalue weighted by atomic mass is 10.3. The summed E-state index contributed by atoms with van der Waals surface area (Å²) >= 11 is 15.6. The number of hydrogen-bond acceptors (Lipinski definition) is 3. The summed E-state index contributed by atoms with van der Waals surface area (Å²) in [5, 5.41) is 4.34. The van der Waals surface area contributed by atoms with Crippen LogP contribution < -0.4 is 10.1 Å². The van der Waals surface area contributed by atoms with E-state index in [0.29, 0.717) is 21.5 Å². The Morgan fingerprint density at radius 1 is 1.19 bits per heavy atom. The van der Waals surface area contributed by atoms with E-state index in [-0.39, 0.29) is 6.61 Å². The SMILES string of the molecule is CCCNc1ccc(Cl)c(COc2cc(Br)ccc2Cl)n1. The Morgan fingerprint density at radius 2 is 1.95 bits per heavy atom. The van der Waals surface area contributed by atoms with Crippen molar-refractivity contribution >= 4 is 44.9 Å². The number of hydrogen-bond donors (Lipinski definition) is 1. The quantitative estimate of drug-likeness (QED) is 0.702. The fraction of sp³-hybridized carbons (Fsp3) is 0.267. The van der Waals surface area contributed by atoms with Gasteiger partial charge in [-0.1, -0.05) is 46.1 Å². The van der Waals surface area contributed by atoms with Crippen LogP contribution >= 0.6 is 39.1 Å². The molecule has 0 bridgehead atoms. The Bertz CT molecular complexity index is 623. The van der Waals surface area contributed by atoms with Crippen LogP contribution in [0.1, 0.15) is 19.0 Å². The molecule has 1 N–H and O–H groups in total. The number of halogens is 3. The molecule has 6 heteroatoms. The van der Waals surface area contributed by atoms with Crippen molar-refractivity contribution < 1.29 is 4.74 Å². The number of rotatable bonds is 6. The molecule has 1 aromatic heterocycles. The van der Waals surface area contributed by atoms with Gasteiger partial charge in [0, 0.05) is 11.0 Å². The standard InChI is InChI=1S/C15H15BrCl2N2O/c1-2-7-19-15-6-5-11(17)13(20-15)9-21-14-8-10(16)3-4-12(14)18/h3-6,8H,2,7,9H2,1H3,(H,19,20). The smallest absolute Gasteiger partial charge is 0.139 e. The van der Waals surface area contributed by atoms with Crippen molar-refractivity contribution in [2.45, 2.75) is 20.0 Å². The molecular formula is C15H15BrCl2N2O. The minimum absolute atomic E-state index is 0.261. The highest BCUT2D eigenvalue weighted by molar-refractivity contribution is 9.10. The predicted octanol–water partition coefficient (Wildman–Crippen LogP) is 5.55. The summed E-state index contributed by atoms with van der Waals surface area (Å²) in [6.45, 7) is 3.23. The van der Waals surface area contributed by atoms with E-state index in [2.05, 4.69) is 33.2 Å². The van der Waals surface area contributed by atoms with Crippen LogP contribution in [0.5, 0.6) is 5.75 Å². The average molecular weight is 390 g/mol. The first-order valence-electron chi connectivity index (χ1n) is 6.57. The van der Waals surface area contributed by atoms with Crippen LogP contribution in [-0.4, -0.2) is 11.5 Å². The van der Waals surface area contributed by atoms with E-state index in [9.17, 15) is 0 Å². The van der Waals surface area contributed by atoms with Gasteiger partial charge in [-0.15, -0.1) is 0 Å². The number of benzene rings is 1. The highest BCUT2D eigenvalue weighted by atomic mass is 79.9. The van der Waals surface area contributed by atoms with Crippen LogP contribution in [0.3, 0.4) is 0 Å². The summed E-state index contributed by atoms with van der Waals surface area (Å²) in [6.07, 6.45) is 1.03. The van der Waals surface area contributed by atoms with Gasteiger partial charge in [-0.3, -0.25) is 0 Å². The lowest BCUT2D eigenvalue weighted by molar-refractivity contribution is 0.301. The molecule has 0 fully saturated rings. The Morgan fingerprint density at radius 3 is 2.71 bits per heavy atom. The molecule has 112 valence electrons. The van der Waals surface area contributed by atoms with Crippen LogP contribution in [0, 0.1) is 0 Å². The summed E-state index contributed by atoms with van der Waals surface area (Å²) in [6, 6.07) is 9.11. The maximum atomic E-state index is 6.16. The van der Waals surface area contributed by atoms with E-state index in [1.807, 2.05) is 24.3 Å². The molecule has 0 amide bonds. The van der Waals surface area contributed by atoms with Crippen molar-refractivity contribution in [3.8, 4) is 5.75 Å². The van der Waals surface area contributed by atoms with Crippen molar-refractivity contribution in [2.24, 2.45) is 0 Å². The second-order valence-corrected chi connectivity index (χ2v) is 6.15. The van der Waals surface area contributed by atoms with Crippen molar-refractivity contribution in [1.82, 2.24) is 4.98 Å². The highest BCUT2D eigenvalue weighted by Gasteiger charge is 2.08. The Labute approximate surface area is 142 Å². The number of ether oxygens (including phenoxy) is 1. The average Bonchev–Trinajstić information content (AvgIpc) is 2.48. The summed E-state index contributed by atoms with van der Waals surface area (Å²) < 4.78 is 6.61. The van der Waals surface area contributed by atoms with Gasteiger partial charge in [-0.25, -0.2) is 4.98 Å². The van der Waals surface area contributed by atoms with E-state index in [0.717, 1.165) is 23.3 Å². The third kappa shape index (κ3) is 4.77. The van der Waals surface area contributed by atoms with E-state index >= 15 is 0 Å². The second kappa shape index (κ2) is 7.87. The molecular weight excluding hydrogens is 375 g/mol. The molecule has 0 radical (unpaired) electrons. The number of aromatic nitrogens is 1. The minimum Gasteiger partial charge on any atom is -0.486 e. The number of nitrogens with one attached hydrogen (secondary N) is 1. The van der Waals surface area contributed by atoms with E-state index in [1.54, 1.807) is 6.07 Å². The minimum atomic E-state index is 0.261. The maximum Gasteiger partial charge on any atom is 0.139 e. The van der Waals surface area contributed by atoms with Gasteiger partial charge in [0.05, 0.1) is 15.7 Å². The first kappa shape index (κ1) is 16.4.